The summed E-state index contributed by atoms with van der Waals surface area (Å²) in [4.78, 5) is 0. The van der Waals surface area contributed by atoms with Gasteiger partial charge in [-0.25, -0.2) is 0 Å². The lowest BCUT2D eigenvalue weighted by atomic mass is 10.2. The molecular formula is C10H9ClN2O. The molecule has 0 aliphatic carbocycles. The highest BCUT2D eigenvalue weighted by Gasteiger charge is 1.97. The summed E-state index contributed by atoms with van der Waals surface area (Å²) >= 11 is 5.76. The first-order valence-corrected chi connectivity index (χ1v) is 4.58. The van der Waals surface area contributed by atoms with Crippen LogP contribution in [0.3, 0.4) is 0 Å². The lowest BCUT2D eigenvalue weighted by Crippen LogP contribution is -1.99. The van der Waals surface area contributed by atoms with E-state index in [1.165, 1.54) is 6.20 Å². The fraction of sp³-hybridized carbons (Fsp3) is 0.100. The highest BCUT2D eigenvalue weighted by molar-refractivity contribution is 6.30. The first-order chi connectivity index (χ1) is 6.74. The van der Waals surface area contributed by atoms with Crippen LogP contribution in [0.2, 0.25) is 5.02 Å². The van der Waals surface area contributed by atoms with Gasteiger partial charge in [0.25, 0.3) is 0 Å². The van der Waals surface area contributed by atoms with Crippen LogP contribution in [0.5, 0.6) is 5.75 Å². The zero-order valence-corrected chi connectivity index (χ0v) is 8.15. The minimum atomic E-state index is 0.180. The van der Waals surface area contributed by atoms with Crippen LogP contribution < -0.4 is 0 Å². The maximum Gasteiger partial charge on any atom is 0.153 e. The first kappa shape index (κ1) is 9.09. The van der Waals surface area contributed by atoms with Crippen LogP contribution in [0.1, 0.15) is 5.56 Å². The number of hydrogen-bond acceptors (Lipinski definition) is 2. The van der Waals surface area contributed by atoms with Gasteiger partial charge >= 0.3 is 0 Å². The quantitative estimate of drug-likeness (QED) is 0.823. The molecule has 0 spiro atoms. The second-order valence-electron chi connectivity index (χ2n) is 3.02. The standard InChI is InChI=1S/C10H9ClN2O/c11-9-3-1-8(2-4-9)6-13-7-10(14)5-12-13/h1-5,7,14H,6H2. The Kier molecular flexibility index (Phi) is 2.41. The van der Waals surface area contributed by atoms with E-state index >= 15 is 0 Å². The number of aromatic hydroxyl groups is 1. The van der Waals surface area contributed by atoms with E-state index in [2.05, 4.69) is 5.10 Å². The number of rotatable bonds is 2. The molecule has 0 aliphatic rings. The van der Waals surface area contributed by atoms with E-state index in [0.29, 0.717) is 6.54 Å². The summed E-state index contributed by atoms with van der Waals surface area (Å²) in [5.41, 5.74) is 1.09. The first-order valence-electron chi connectivity index (χ1n) is 4.20. The lowest BCUT2D eigenvalue weighted by Gasteiger charge is -2.00. The van der Waals surface area contributed by atoms with Crippen molar-refractivity contribution < 1.29 is 5.11 Å². The monoisotopic (exact) mass is 208 g/mol. The Balaban J connectivity index is 2.15. The van der Waals surface area contributed by atoms with Gasteiger partial charge in [-0.05, 0) is 17.7 Å². The Labute approximate surface area is 86.6 Å². The highest BCUT2D eigenvalue weighted by Crippen LogP contribution is 2.11. The lowest BCUT2D eigenvalue weighted by molar-refractivity contribution is 0.474. The van der Waals surface area contributed by atoms with Crippen molar-refractivity contribution in [1.29, 1.82) is 0 Å². The van der Waals surface area contributed by atoms with Gasteiger partial charge < -0.3 is 5.11 Å². The minimum absolute atomic E-state index is 0.180. The molecule has 1 aromatic carbocycles. The molecule has 0 radical (unpaired) electrons. The van der Waals surface area contributed by atoms with Crippen LogP contribution in [-0.4, -0.2) is 14.9 Å². The average Bonchev–Trinajstić information content (AvgIpc) is 2.56. The number of halogens is 1. The summed E-state index contributed by atoms with van der Waals surface area (Å²) in [6.45, 7) is 0.637. The molecule has 0 bridgehead atoms. The molecule has 0 atom stereocenters. The second-order valence-corrected chi connectivity index (χ2v) is 3.46. The fourth-order valence-electron chi connectivity index (χ4n) is 1.22. The maximum absolute atomic E-state index is 9.07. The van der Waals surface area contributed by atoms with Crippen LogP contribution in [0.25, 0.3) is 0 Å². The number of benzene rings is 1. The molecule has 0 fully saturated rings. The van der Waals surface area contributed by atoms with Gasteiger partial charge in [0.1, 0.15) is 0 Å². The van der Waals surface area contributed by atoms with Crippen molar-refractivity contribution in [2.24, 2.45) is 0 Å². The van der Waals surface area contributed by atoms with Gasteiger partial charge in [-0.2, -0.15) is 5.10 Å². The molecule has 72 valence electrons. The van der Waals surface area contributed by atoms with Crippen molar-refractivity contribution in [1.82, 2.24) is 9.78 Å². The van der Waals surface area contributed by atoms with Crippen molar-refractivity contribution >= 4 is 11.6 Å². The normalized spacial score (nSPS) is 10.4. The number of hydrogen-bond donors (Lipinski definition) is 1. The van der Waals surface area contributed by atoms with Gasteiger partial charge in [0.2, 0.25) is 0 Å². The average molecular weight is 209 g/mol. The Bertz CT molecular complexity index is 422. The third-order valence-electron chi connectivity index (χ3n) is 1.88. The third-order valence-corrected chi connectivity index (χ3v) is 2.13. The van der Waals surface area contributed by atoms with Gasteiger partial charge in [-0.3, -0.25) is 4.68 Å². The largest absolute Gasteiger partial charge is 0.505 e. The third kappa shape index (κ3) is 2.06. The molecule has 0 amide bonds. The Morgan fingerprint density at radius 3 is 2.57 bits per heavy atom. The summed E-state index contributed by atoms with van der Waals surface area (Å²) in [5, 5.41) is 13.8. The van der Waals surface area contributed by atoms with E-state index in [1.807, 2.05) is 24.3 Å². The van der Waals surface area contributed by atoms with Gasteiger partial charge in [0.15, 0.2) is 5.75 Å². The van der Waals surface area contributed by atoms with Crippen LogP contribution in [-0.2, 0) is 6.54 Å². The smallest absolute Gasteiger partial charge is 0.153 e. The van der Waals surface area contributed by atoms with Gasteiger partial charge in [-0.1, -0.05) is 23.7 Å². The molecule has 14 heavy (non-hydrogen) atoms. The van der Waals surface area contributed by atoms with Crippen LogP contribution in [0.4, 0.5) is 0 Å². The second kappa shape index (κ2) is 3.72. The summed E-state index contributed by atoms with van der Waals surface area (Å²) in [7, 11) is 0. The summed E-state index contributed by atoms with van der Waals surface area (Å²) in [5.74, 6) is 0.180. The molecule has 2 rings (SSSR count). The molecule has 1 aromatic heterocycles. The van der Waals surface area contributed by atoms with Gasteiger partial charge in [-0.15, -0.1) is 0 Å². The van der Waals surface area contributed by atoms with Crippen LogP contribution in [0, 0.1) is 0 Å². The predicted molar refractivity (Wildman–Crippen MR) is 54.4 cm³/mol. The van der Waals surface area contributed by atoms with Gasteiger partial charge in [0, 0.05) is 5.02 Å². The Morgan fingerprint density at radius 2 is 2.00 bits per heavy atom. The van der Waals surface area contributed by atoms with E-state index in [9.17, 15) is 0 Å². The number of nitrogens with zero attached hydrogens (tertiary/aromatic N) is 2. The predicted octanol–water partition coefficient (Wildman–Crippen LogP) is 2.29. The molecule has 0 unspecified atom stereocenters. The molecule has 2 aromatic rings. The zero-order valence-electron chi connectivity index (χ0n) is 7.39. The minimum Gasteiger partial charge on any atom is -0.505 e. The highest BCUT2D eigenvalue weighted by atomic mass is 35.5. The molecule has 1 N–H and O–H groups in total. The SMILES string of the molecule is Oc1cnn(Cc2ccc(Cl)cc2)c1. The Hall–Kier alpha value is -1.48. The topological polar surface area (TPSA) is 38.1 Å². The number of aromatic nitrogens is 2. The fourth-order valence-corrected chi connectivity index (χ4v) is 1.34. The maximum atomic E-state index is 9.07. The van der Waals surface area contributed by atoms with E-state index in [1.54, 1.807) is 10.9 Å². The molecule has 0 saturated heterocycles. The van der Waals surface area contributed by atoms with E-state index in [-0.39, 0.29) is 5.75 Å². The molecule has 1 heterocycles. The van der Waals surface area contributed by atoms with Crippen LogP contribution >= 0.6 is 11.6 Å². The van der Waals surface area contributed by atoms with E-state index in [0.717, 1.165) is 10.6 Å². The van der Waals surface area contributed by atoms with E-state index in [4.69, 9.17) is 16.7 Å². The van der Waals surface area contributed by atoms with E-state index < -0.39 is 0 Å². The summed E-state index contributed by atoms with van der Waals surface area (Å²) in [6, 6.07) is 7.53. The van der Waals surface area contributed by atoms with Crippen LogP contribution in [0.15, 0.2) is 36.7 Å². The zero-order chi connectivity index (χ0) is 9.97. The summed E-state index contributed by atoms with van der Waals surface area (Å²) < 4.78 is 1.67. The van der Waals surface area contributed by atoms with Crippen molar-refractivity contribution in [2.75, 3.05) is 0 Å². The molecule has 0 aliphatic heterocycles. The van der Waals surface area contributed by atoms with Crippen molar-refractivity contribution in [3.8, 4) is 5.75 Å². The van der Waals surface area contributed by atoms with Gasteiger partial charge in [0.05, 0.1) is 18.9 Å². The van der Waals surface area contributed by atoms with Crippen molar-refractivity contribution in [3.63, 3.8) is 0 Å². The molecular weight excluding hydrogens is 200 g/mol. The Morgan fingerprint density at radius 1 is 1.29 bits per heavy atom. The molecule has 0 saturated carbocycles. The molecule has 4 heteroatoms. The molecule has 3 nitrogen and oxygen atoms in total. The van der Waals surface area contributed by atoms with Crippen molar-refractivity contribution in [3.05, 3.63) is 47.2 Å². The summed E-state index contributed by atoms with van der Waals surface area (Å²) in [6.07, 6.45) is 2.99. The van der Waals surface area contributed by atoms with Crippen molar-refractivity contribution in [2.45, 2.75) is 6.54 Å².